The van der Waals surface area contributed by atoms with Gasteiger partial charge in [0.15, 0.2) is 0 Å². The van der Waals surface area contributed by atoms with Gasteiger partial charge in [0.1, 0.15) is 12.4 Å². The third kappa shape index (κ3) is 5.93. The number of esters is 2. The van der Waals surface area contributed by atoms with Gasteiger partial charge in [-0.1, -0.05) is 6.58 Å². The summed E-state index contributed by atoms with van der Waals surface area (Å²) in [5.41, 5.74) is 0. The van der Waals surface area contributed by atoms with Crippen molar-refractivity contribution in [1.82, 2.24) is 0 Å². The van der Waals surface area contributed by atoms with Gasteiger partial charge in [-0.05, 0) is 19.1 Å². The van der Waals surface area contributed by atoms with Crippen LogP contribution in [0.3, 0.4) is 0 Å². The summed E-state index contributed by atoms with van der Waals surface area (Å²) in [7, 11) is 0. The van der Waals surface area contributed by atoms with E-state index in [9.17, 15) is 14.0 Å². The summed E-state index contributed by atoms with van der Waals surface area (Å²) >= 11 is 0. The van der Waals surface area contributed by atoms with E-state index in [0.29, 0.717) is 0 Å². The monoisotopic (exact) mass is 202 g/mol. The van der Waals surface area contributed by atoms with Gasteiger partial charge in [-0.3, -0.25) is 0 Å². The lowest BCUT2D eigenvalue weighted by atomic mass is 10.5. The number of carbonyl (C=O) groups is 2. The van der Waals surface area contributed by atoms with Crippen LogP contribution in [0.5, 0.6) is 0 Å². The van der Waals surface area contributed by atoms with E-state index < -0.39 is 17.8 Å². The first-order chi connectivity index (χ1) is 6.57. The molecular weight excluding hydrogens is 191 g/mol. The molecule has 0 aromatic carbocycles. The Morgan fingerprint density at radius 2 is 1.93 bits per heavy atom. The molecule has 0 aliphatic carbocycles. The van der Waals surface area contributed by atoms with Crippen LogP contribution < -0.4 is 0 Å². The highest BCUT2D eigenvalue weighted by molar-refractivity contribution is 6.29. The standard InChI is InChI=1S/C9H11FO4/c1-3-13-8(11)9(12)14-6-4-5-7(2)10/h4-5H,2-3,6H2,1H3. The Morgan fingerprint density at radius 3 is 2.43 bits per heavy atom. The van der Waals surface area contributed by atoms with E-state index in [1.807, 2.05) is 0 Å². The Bertz CT molecular complexity index is 258. The molecule has 0 aliphatic heterocycles. The van der Waals surface area contributed by atoms with Crippen LogP contribution in [-0.2, 0) is 19.1 Å². The predicted molar refractivity (Wildman–Crippen MR) is 47.0 cm³/mol. The summed E-state index contributed by atoms with van der Waals surface area (Å²) in [6.07, 6.45) is 2.25. The van der Waals surface area contributed by atoms with Crippen LogP contribution in [-0.4, -0.2) is 25.2 Å². The lowest BCUT2D eigenvalue weighted by Crippen LogP contribution is -2.20. The van der Waals surface area contributed by atoms with Crippen LogP contribution in [0.4, 0.5) is 4.39 Å². The van der Waals surface area contributed by atoms with Crippen molar-refractivity contribution < 1.29 is 23.5 Å². The fraction of sp³-hybridized carbons (Fsp3) is 0.333. The zero-order valence-electron chi connectivity index (χ0n) is 7.79. The average Bonchev–Trinajstić information content (AvgIpc) is 2.12. The van der Waals surface area contributed by atoms with Crippen molar-refractivity contribution in [3.8, 4) is 0 Å². The van der Waals surface area contributed by atoms with E-state index in [0.717, 1.165) is 6.08 Å². The third-order valence-corrected chi connectivity index (χ3v) is 1.05. The molecule has 0 aromatic heterocycles. The normalized spacial score (nSPS) is 9.86. The molecule has 14 heavy (non-hydrogen) atoms. The number of rotatable bonds is 4. The molecule has 0 N–H and O–H groups in total. The van der Waals surface area contributed by atoms with Gasteiger partial charge >= 0.3 is 11.9 Å². The maximum atomic E-state index is 12.0. The van der Waals surface area contributed by atoms with Crippen LogP contribution >= 0.6 is 0 Å². The molecule has 0 unspecified atom stereocenters. The molecule has 0 spiro atoms. The highest BCUT2D eigenvalue weighted by Crippen LogP contribution is 1.93. The minimum atomic E-state index is -1.10. The SMILES string of the molecule is C=C(F)C=CCOC(=O)C(=O)OCC. The van der Waals surface area contributed by atoms with E-state index in [1.165, 1.54) is 6.08 Å². The number of ether oxygens (including phenoxy) is 2. The van der Waals surface area contributed by atoms with Crippen LogP contribution in [0.25, 0.3) is 0 Å². The van der Waals surface area contributed by atoms with Crippen molar-refractivity contribution in [2.75, 3.05) is 13.2 Å². The van der Waals surface area contributed by atoms with Gasteiger partial charge in [0.05, 0.1) is 6.61 Å². The summed E-state index contributed by atoms with van der Waals surface area (Å²) in [6, 6.07) is 0. The summed E-state index contributed by atoms with van der Waals surface area (Å²) in [5.74, 6) is -2.81. The van der Waals surface area contributed by atoms with Crippen LogP contribution in [0.1, 0.15) is 6.92 Å². The second-order valence-electron chi connectivity index (χ2n) is 2.17. The minimum absolute atomic E-state index is 0.102. The number of halogens is 1. The average molecular weight is 202 g/mol. The Hall–Kier alpha value is -1.65. The predicted octanol–water partition coefficient (Wildman–Crippen LogP) is 1.13. The maximum Gasteiger partial charge on any atom is 0.417 e. The highest BCUT2D eigenvalue weighted by Gasteiger charge is 2.15. The smallest absolute Gasteiger partial charge is 0.417 e. The van der Waals surface area contributed by atoms with Gasteiger partial charge in [0, 0.05) is 0 Å². The minimum Gasteiger partial charge on any atom is -0.458 e. The van der Waals surface area contributed by atoms with Crippen molar-refractivity contribution in [3.05, 3.63) is 24.6 Å². The Labute approximate surface area is 81.0 Å². The molecule has 5 heteroatoms. The molecule has 0 aliphatic rings. The molecule has 0 saturated heterocycles. The number of carbonyl (C=O) groups excluding carboxylic acids is 2. The molecule has 0 saturated carbocycles. The topological polar surface area (TPSA) is 52.6 Å². The Balaban J connectivity index is 3.74. The molecule has 0 amide bonds. The van der Waals surface area contributed by atoms with Crippen LogP contribution in [0, 0.1) is 0 Å². The first-order valence-corrected chi connectivity index (χ1v) is 3.92. The second-order valence-corrected chi connectivity index (χ2v) is 2.17. The van der Waals surface area contributed by atoms with Gasteiger partial charge < -0.3 is 9.47 Å². The van der Waals surface area contributed by atoms with Gasteiger partial charge in [0.2, 0.25) is 0 Å². The van der Waals surface area contributed by atoms with Crippen molar-refractivity contribution in [3.63, 3.8) is 0 Å². The van der Waals surface area contributed by atoms with Crippen molar-refractivity contribution in [1.29, 1.82) is 0 Å². The Kier molecular flexibility index (Phi) is 6.02. The second kappa shape index (κ2) is 6.82. The molecule has 0 heterocycles. The van der Waals surface area contributed by atoms with E-state index in [2.05, 4.69) is 16.1 Å². The molecule has 0 fully saturated rings. The maximum absolute atomic E-state index is 12.0. The quantitative estimate of drug-likeness (QED) is 0.389. The number of hydrogen-bond donors (Lipinski definition) is 0. The van der Waals surface area contributed by atoms with E-state index in [1.54, 1.807) is 6.92 Å². The molecular formula is C9H11FO4. The summed E-state index contributed by atoms with van der Waals surface area (Å²) in [4.78, 5) is 21.4. The summed E-state index contributed by atoms with van der Waals surface area (Å²) < 4.78 is 20.7. The van der Waals surface area contributed by atoms with Gasteiger partial charge in [-0.25, -0.2) is 14.0 Å². The Morgan fingerprint density at radius 1 is 1.36 bits per heavy atom. The first-order valence-electron chi connectivity index (χ1n) is 3.92. The molecule has 0 bridgehead atoms. The van der Waals surface area contributed by atoms with E-state index >= 15 is 0 Å². The third-order valence-electron chi connectivity index (χ3n) is 1.05. The van der Waals surface area contributed by atoms with Crippen LogP contribution in [0.2, 0.25) is 0 Å². The lowest BCUT2D eigenvalue weighted by Gasteiger charge is -2.00. The number of hydrogen-bond acceptors (Lipinski definition) is 4. The van der Waals surface area contributed by atoms with Gasteiger partial charge in [0.25, 0.3) is 0 Å². The fourth-order valence-electron chi connectivity index (χ4n) is 0.549. The zero-order valence-corrected chi connectivity index (χ0v) is 7.79. The van der Waals surface area contributed by atoms with Crippen molar-refractivity contribution in [2.24, 2.45) is 0 Å². The largest absolute Gasteiger partial charge is 0.458 e. The molecule has 0 radical (unpaired) electrons. The molecule has 0 rings (SSSR count). The lowest BCUT2D eigenvalue weighted by molar-refractivity contribution is -0.166. The summed E-state index contributed by atoms with van der Waals surface area (Å²) in [5, 5.41) is 0. The van der Waals surface area contributed by atoms with Crippen LogP contribution in [0.15, 0.2) is 24.6 Å². The van der Waals surface area contributed by atoms with E-state index in [4.69, 9.17) is 0 Å². The van der Waals surface area contributed by atoms with Crippen molar-refractivity contribution in [2.45, 2.75) is 6.92 Å². The van der Waals surface area contributed by atoms with Crippen molar-refractivity contribution >= 4 is 11.9 Å². The van der Waals surface area contributed by atoms with E-state index in [-0.39, 0.29) is 13.2 Å². The summed E-state index contributed by atoms with van der Waals surface area (Å²) in [6.45, 7) is 4.43. The number of allylic oxidation sites excluding steroid dienone is 2. The van der Waals surface area contributed by atoms with Gasteiger partial charge in [-0.15, -0.1) is 0 Å². The molecule has 4 nitrogen and oxygen atoms in total. The fourth-order valence-corrected chi connectivity index (χ4v) is 0.549. The van der Waals surface area contributed by atoms with Gasteiger partial charge in [-0.2, -0.15) is 0 Å². The molecule has 78 valence electrons. The molecule has 0 aromatic rings. The zero-order chi connectivity index (χ0) is 11.0. The highest BCUT2D eigenvalue weighted by atomic mass is 19.1. The molecule has 0 atom stereocenters. The first kappa shape index (κ1) is 12.3.